The third-order valence-electron chi connectivity index (χ3n) is 5.54. The largest absolute Gasteiger partial charge is 0.438 e. The molecule has 0 bridgehead atoms. The van der Waals surface area contributed by atoms with Gasteiger partial charge in [0.2, 0.25) is 5.91 Å². The first-order valence-corrected chi connectivity index (χ1v) is 8.77. The zero-order valence-electron chi connectivity index (χ0n) is 14.9. The number of carbonyl (C=O) groups is 2. The van der Waals surface area contributed by atoms with E-state index in [4.69, 9.17) is 0 Å². The highest BCUT2D eigenvalue weighted by Crippen LogP contribution is 2.44. The molecular formula is C18H19F3N4O2. The van der Waals surface area contributed by atoms with Crippen LogP contribution in [0.3, 0.4) is 0 Å². The Bertz CT molecular complexity index is 960. The molecule has 3 heterocycles. The Labute approximate surface area is 153 Å². The molecule has 6 nitrogen and oxygen atoms in total. The number of rotatable bonds is 2. The van der Waals surface area contributed by atoms with Crippen molar-refractivity contribution in [2.45, 2.75) is 38.5 Å². The molecule has 2 aliphatic heterocycles. The number of alkyl halides is 3. The summed E-state index contributed by atoms with van der Waals surface area (Å²) in [5, 5.41) is 5.01. The third-order valence-corrected chi connectivity index (χ3v) is 5.54. The number of Topliss-reactive ketones (excluding diaryl/α,β-unsaturated/α-hetero) is 1. The molecule has 4 rings (SSSR count). The average molecular weight is 380 g/mol. The van der Waals surface area contributed by atoms with Crippen molar-refractivity contribution in [3.63, 3.8) is 0 Å². The van der Waals surface area contributed by atoms with E-state index >= 15 is 0 Å². The highest BCUT2D eigenvalue weighted by Gasteiger charge is 2.67. The first-order valence-electron chi connectivity index (χ1n) is 8.77. The third kappa shape index (κ3) is 2.48. The van der Waals surface area contributed by atoms with Crippen molar-refractivity contribution in [1.29, 1.82) is 0 Å². The summed E-state index contributed by atoms with van der Waals surface area (Å²) in [5.74, 6) is -2.47. The Morgan fingerprint density at radius 2 is 2.04 bits per heavy atom. The molecule has 2 aromatic rings. The Morgan fingerprint density at radius 1 is 1.33 bits per heavy atom. The summed E-state index contributed by atoms with van der Waals surface area (Å²) >= 11 is 0. The summed E-state index contributed by atoms with van der Waals surface area (Å²) in [6.07, 6.45) is -5.04. The number of hydrogen-bond acceptors (Lipinski definition) is 4. The lowest BCUT2D eigenvalue weighted by Gasteiger charge is -2.34. The van der Waals surface area contributed by atoms with E-state index in [1.54, 1.807) is 19.1 Å². The van der Waals surface area contributed by atoms with Crippen LogP contribution in [0.2, 0.25) is 0 Å². The van der Waals surface area contributed by atoms with Gasteiger partial charge in [-0.2, -0.15) is 13.2 Å². The van der Waals surface area contributed by atoms with Crippen molar-refractivity contribution < 1.29 is 22.8 Å². The van der Waals surface area contributed by atoms with E-state index in [-0.39, 0.29) is 11.3 Å². The van der Waals surface area contributed by atoms with Gasteiger partial charge in [0.05, 0.1) is 23.4 Å². The number of carbonyl (C=O) groups excluding carboxylic acids is 2. The van der Waals surface area contributed by atoms with Crippen LogP contribution in [0, 0.1) is 19.8 Å². The number of nitrogens with one attached hydrogen (secondary N) is 2. The van der Waals surface area contributed by atoms with Gasteiger partial charge in [-0.25, -0.2) is 4.98 Å². The molecule has 0 aliphatic carbocycles. The molecule has 0 spiro atoms. The normalized spacial score (nSPS) is 25.2. The quantitative estimate of drug-likeness (QED) is 0.832. The fourth-order valence-corrected chi connectivity index (χ4v) is 3.91. The predicted molar refractivity (Wildman–Crippen MR) is 91.1 cm³/mol. The minimum Gasteiger partial charge on any atom is -0.319 e. The molecule has 0 saturated carbocycles. The van der Waals surface area contributed by atoms with Gasteiger partial charge in [0.25, 0.3) is 5.66 Å². The fourth-order valence-electron chi connectivity index (χ4n) is 3.91. The van der Waals surface area contributed by atoms with Crippen molar-refractivity contribution in [3.8, 4) is 0 Å². The second kappa shape index (κ2) is 5.79. The summed E-state index contributed by atoms with van der Waals surface area (Å²) in [5.41, 5.74) is -0.860. The molecule has 1 aromatic carbocycles. The fraction of sp³-hybridized carbons (Fsp3) is 0.500. The number of ketones is 1. The molecule has 1 amide bonds. The number of hydrogen-bond donors (Lipinski definition) is 2. The number of benzene rings is 1. The number of aryl methyl sites for hydroxylation is 2. The number of halogens is 3. The molecule has 1 aromatic heterocycles. The maximum atomic E-state index is 14.3. The van der Waals surface area contributed by atoms with Crippen molar-refractivity contribution in [1.82, 2.24) is 20.2 Å². The summed E-state index contributed by atoms with van der Waals surface area (Å²) in [6, 6.07) is 3.29. The molecule has 1 saturated heterocycles. The number of aromatic nitrogens is 2. The number of imidazole rings is 1. The van der Waals surface area contributed by atoms with Gasteiger partial charge in [0, 0.05) is 6.54 Å². The lowest BCUT2D eigenvalue weighted by Crippen LogP contribution is -2.63. The van der Waals surface area contributed by atoms with Gasteiger partial charge in [-0.3, -0.25) is 14.2 Å². The molecule has 9 heteroatoms. The van der Waals surface area contributed by atoms with Gasteiger partial charge in [-0.05, 0) is 50.1 Å². The molecule has 1 fully saturated rings. The topological polar surface area (TPSA) is 76.0 Å². The maximum Gasteiger partial charge on any atom is 0.438 e. The Hall–Kier alpha value is -2.42. The monoisotopic (exact) mass is 380 g/mol. The molecule has 2 atom stereocenters. The summed E-state index contributed by atoms with van der Waals surface area (Å²) < 4.78 is 43.7. The second-order valence-corrected chi connectivity index (χ2v) is 7.28. The van der Waals surface area contributed by atoms with E-state index in [1.165, 1.54) is 0 Å². The Kier molecular flexibility index (Phi) is 3.85. The number of fused-ring (bicyclic) bond motifs is 3. The van der Waals surface area contributed by atoms with Crippen molar-refractivity contribution in [2.24, 2.45) is 5.92 Å². The molecule has 0 radical (unpaired) electrons. The van der Waals surface area contributed by atoms with E-state index in [9.17, 15) is 22.8 Å². The van der Waals surface area contributed by atoms with Gasteiger partial charge >= 0.3 is 6.18 Å². The molecule has 27 heavy (non-hydrogen) atoms. The van der Waals surface area contributed by atoms with Crippen LogP contribution in [0.1, 0.15) is 23.4 Å². The van der Waals surface area contributed by atoms with Crippen LogP contribution in [-0.2, 0) is 21.7 Å². The average Bonchev–Trinajstić information content (AvgIpc) is 3.25. The van der Waals surface area contributed by atoms with Crippen LogP contribution >= 0.6 is 0 Å². The highest BCUT2D eigenvalue weighted by molar-refractivity contribution is 5.98. The molecule has 144 valence electrons. The second-order valence-electron chi connectivity index (χ2n) is 7.28. The smallest absolute Gasteiger partial charge is 0.319 e. The van der Waals surface area contributed by atoms with Crippen LogP contribution in [0.15, 0.2) is 12.1 Å². The van der Waals surface area contributed by atoms with Gasteiger partial charge in [0.15, 0.2) is 5.78 Å². The van der Waals surface area contributed by atoms with E-state index in [1.807, 2.05) is 6.92 Å². The first-order chi connectivity index (χ1) is 12.6. The zero-order chi connectivity index (χ0) is 19.6. The van der Waals surface area contributed by atoms with Gasteiger partial charge in [-0.1, -0.05) is 0 Å². The van der Waals surface area contributed by atoms with Gasteiger partial charge in [-0.15, -0.1) is 0 Å². The Balaban J connectivity index is 1.91. The van der Waals surface area contributed by atoms with Gasteiger partial charge < -0.3 is 10.6 Å². The lowest BCUT2D eigenvalue weighted by molar-refractivity contribution is -0.219. The lowest BCUT2D eigenvalue weighted by atomic mass is 10.0. The van der Waals surface area contributed by atoms with Crippen LogP contribution in [0.5, 0.6) is 0 Å². The van der Waals surface area contributed by atoms with Crippen molar-refractivity contribution in [3.05, 3.63) is 29.1 Å². The molecule has 2 N–H and O–H groups in total. The van der Waals surface area contributed by atoms with E-state index in [0.29, 0.717) is 25.0 Å². The highest BCUT2D eigenvalue weighted by atomic mass is 19.4. The summed E-state index contributed by atoms with van der Waals surface area (Å²) in [7, 11) is 0. The minimum absolute atomic E-state index is 0.0159. The molecule has 2 unspecified atom stereocenters. The minimum atomic E-state index is -5.00. The van der Waals surface area contributed by atoms with Crippen LogP contribution in [-0.4, -0.2) is 40.5 Å². The first kappa shape index (κ1) is 18.0. The maximum absolute atomic E-state index is 14.3. The van der Waals surface area contributed by atoms with E-state index in [0.717, 1.165) is 15.7 Å². The van der Waals surface area contributed by atoms with Crippen LogP contribution in [0.25, 0.3) is 11.0 Å². The van der Waals surface area contributed by atoms with Crippen LogP contribution in [0.4, 0.5) is 13.2 Å². The van der Waals surface area contributed by atoms with E-state index < -0.39 is 35.9 Å². The van der Waals surface area contributed by atoms with Crippen molar-refractivity contribution >= 4 is 22.7 Å². The Morgan fingerprint density at radius 3 is 2.67 bits per heavy atom. The number of amides is 1. The zero-order valence-corrected chi connectivity index (χ0v) is 14.9. The van der Waals surface area contributed by atoms with E-state index in [2.05, 4.69) is 15.6 Å². The summed E-state index contributed by atoms with van der Waals surface area (Å²) in [4.78, 5) is 29.4. The van der Waals surface area contributed by atoms with Gasteiger partial charge in [0.1, 0.15) is 5.82 Å². The van der Waals surface area contributed by atoms with Crippen LogP contribution < -0.4 is 10.6 Å². The van der Waals surface area contributed by atoms with Crippen molar-refractivity contribution in [2.75, 3.05) is 13.1 Å². The molecule has 2 aliphatic rings. The predicted octanol–water partition coefficient (Wildman–Crippen LogP) is 1.72. The standard InChI is InChI=1S/C18H19F3N4O2/c1-9-5-12-13(6-10(9)2)25-15(23-12)7-14(26)17(25,18(19,20)21)24-16(27)11-3-4-22-8-11/h5-6,11,22H,3-4,7-8H2,1-2H3,(H,24,27). The SMILES string of the molecule is Cc1cc2nc3n(c2cc1C)C(NC(=O)C1CCNC1)(C(F)(F)F)C(=O)C3. The number of nitrogens with zero attached hydrogens (tertiary/aromatic N) is 2. The molecular weight excluding hydrogens is 361 g/mol. The summed E-state index contributed by atoms with van der Waals surface area (Å²) in [6.45, 7) is 4.48.